The standard InChI is InChI=1S/C17H35NO/c1-4-5-6-7-8-9-10-17(19)12-11-16(13-14-18)15(2)3/h15-16H,4-14,18H2,1-3H3. The fourth-order valence-corrected chi connectivity index (χ4v) is 2.60. The molecule has 0 aromatic rings. The Kier molecular flexibility index (Phi) is 12.4. The molecule has 0 heterocycles. The molecule has 0 spiro atoms. The number of Topliss-reactive ketones (excluding diaryl/α,β-unsaturated/α-hetero) is 1. The molecule has 2 N–H and O–H groups in total. The maximum atomic E-state index is 11.8. The Morgan fingerprint density at radius 2 is 1.58 bits per heavy atom. The number of nitrogens with two attached hydrogens (primary N) is 1. The highest BCUT2D eigenvalue weighted by Gasteiger charge is 2.14. The lowest BCUT2D eigenvalue weighted by Crippen LogP contribution is -2.15. The van der Waals surface area contributed by atoms with Crippen LogP contribution in [0.3, 0.4) is 0 Å². The van der Waals surface area contributed by atoms with Crippen LogP contribution in [0.1, 0.15) is 85.0 Å². The van der Waals surface area contributed by atoms with Crippen molar-refractivity contribution in [3.8, 4) is 0 Å². The van der Waals surface area contributed by atoms with Crippen molar-refractivity contribution in [3.63, 3.8) is 0 Å². The van der Waals surface area contributed by atoms with E-state index in [1.54, 1.807) is 0 Å². The third-order valence-electron chi connectivity index (χ3n) is 4.08. The predicted molar refractivity (Wildman–Crippen MR) is 84.2 cm³/mol. The first-order valence-corrected chi connectivity index (χ1v) is 8.33. The van der Waals surface area contributed by atoms with Gasteiger partial charge in [0.15, 0.2) is 0 Å². The van der Waals surface area contributed by atoms with Crippen molar-refractivity contribution in [2.24, 2.45) is 17.6 Å². The molecule has 114 valence electrons. The molecule has 19 heavy (non-hydrogen) atoms. The second-order valence-electron chi connectivity index (χ2n) is 6.18. The van der Waals surface area contributed by atoms with E-state index in [1.807, 2.05) is 0 Å². The summed E-state index contributed by atoms with van der Waals surface area (Å²) in [7, 11) is 0. The second-order valence-corrected chi connectivity index (χ2v) is 6.18. The molecular formula is C17H35NO. The fraction of sp³-hybridized carbons (Fsp3) is 0.941. The van der Waals surface area contributed by atoms with Crippen LogP contribution in [0.2, 0.25) is 0 Å². The molecule has 0 aliphatic heterocycles. The Bertz CT molecular complexity index is 213. The first kappa shape index (κ1) is 18.6. The zero-order valence-electron chi connectivity index (χ0n) is 13.4. The Labute approximate surface area is 120 Å². The van der Waals surface area contributed by atoms with Crippen LogP contribution < -0.4 is 5.73 Å². The highest BCUT2D eigenvalue weighted by molar-refractivity contribution is 5.78. The van der Waals surface area contributed by atoms with Crippen molar-refractivity contribution < 1.29 is 4.79 Å². The van der Waals surface area contributed by atoms with Crippen LogP contribution in [0.15, 0.2) is 0 Å². The maximum absolute atomic E-state index is 11.8. The molecule has 0 aromatic heterocycles. The molecule has 2 nitrogen and oxygen atoms in total. The topological polar surface area (TPSA) is 43.1 Å². The Hall–Kier alpha value is -0.370. The van der Waals surface area contributed by atoms with E-state index >= 15 is 0 Å². The van der Waals surface area contributed by atoms with Gasteiger partial charge in [-0.3, -0.25) is 4.79 Å². The normalized spacial score (nSPS) is 12.9. The van der Waals surface area contributed by atoms with Gasteiger partial charge in [-0.15, -0.1) is 0 Å². The number of carbonyl (C=O) groups excluding carboxylic acids is 1. The van der Waals surface area contributed by atoms with Crippen LogP contribution in [0.5, 0.6) is 0 Å². The summed E-state index contributed by atoms with van der Waals surface area (Å²) in [6.07, 6.45) is 11.2. The lowest BCUT2D eigenvalue weighted by Gasteiger charge is -2.19. The number of hydrogen-bond acceptors (Lipinski definition) is 2. The number of ketones is 1. The molecule has 0 aliphatic rings. The van der Waals surface area contributed by atoms with E-state index in [4.69, 9.17) is 5.73 Å². The van der Waals surface area contributed by atoms with E-state index < -0.39 is 0 Å². The second kappa shape index (κ2) is 12.7. The molecule has 0 aromatic carbocycles. The van der Waals surface area contributed by atoms with Gasteiger partial charge in [-0.25, -0.2) is 0 Å². The van der Waals surface area contributed by atoms with Gasteiger partial charge in [-0.05, 0) is 37.6 Å². The molecule has 0 rings (SSSR count). The SMILES string of the molecule is CCCCCCCCC(=O)CCC(CCN)C(C)C. The first-order chi connectivity index (χ1) is 9.11. The van der Waals surface area contributed by atoms with Gasteiger partial charge in [0, 0.05) is 12.8 Å². The Balaban J connectivity index is 3.57. The zero-order chi connectivity index (χ0) is 14.5. The molecule has 0 radical (unpaired) electrons. The summed E-state index contributed by atoms with van der Waals surface area (Å²) in [5.74, 6) is 1.72. The lowest BCUT2D eigenvalue weighted by atomic mass is 9.87. The summed E-state index contributed by atoms with van der Waals surface area (Å²) in [4.78, 5) is 11.8. The minimum absolute atomic E-state index is 0.457. The molecular weight excluding hydrogens is 234 g/mol. The maximum Gasteiger partial charge on any atom is 0.132 e. The third-order valence-corrected chi connectivity index (χ3v) is 4.08. The Morgan fingerprint density at radius 1 is 0.947 bits per heavy atom. The van der Waals surface area contributed by atoms with Crippen molar-refractivity contribution in [2.75, 3.05) is 6.54 Å². The smallest absolute Gasteiger partial charge is 0.132 e. The van der Waals surface area contributed by atoms with E-state index in [-0.39, 0.29) is 0 Å². The number of hydrogen-bond donors (Lipinski definition) is 1. The molecule has 1 atom stereocenters. The van der Waals surface area contributed by atoms with Gasteiger partial charge in [-0.2, -0.15) is 0 Å². The van der Waals surface area contributed by atoms with Crippen molar-refractivity contribution in [3.05, 3.63) is 0 Å². The summed E-state index contributed by atoms with van der Waals surface area (Å²) in [6.45, 7) is 7.45. The van der Waals surface area contributed by atoms with Gasteiger partial charge in [0.2, 0.25) is 0 Å². The van der Waals surface area contributed by atoms with Gasteiger partial charge in [0.05, 0.1) is 0 Å². The molecule has 1 unspecified atom stereocenters. The highest BCUT2D eigenvalue weighted by atomic mass is 16.1. The van der Waals surface area contributed by atoms with E-state index in [2.05, 4.69) is 20.8 Å². The summed E-state index contributed by atoms with van der Waals surface area (Å²) >= 11 is 0. The van der Waals surface area contributed by atoms with Gasteiger partial charge in [0.1, 0.15) is 5.78 Å². The number of unbranched alkanes of at least 4 members (excludes halogenated alkanes) is 5. The van der Waals surface area contributed by atoms with E-state index in [9.17, 15) is 4.79 Å². The minimum atomic E-state index is 0.457. The molecule has 0 amide bonds. The quantitative estimate of drug-likeness (QED) is 0.492. The summed E-state index contributed by atoms with van der Waals surface area (Å²) in [6, 6.07) is 0. The molecule has 2 heteroatoms. The largest absolute Gasteiger partial charge is 0.330 e. The average molecular weight is 269 g/mol. The van der Waals surface area contributed by atoms with Crippen LogP contribution in [0.25, 0.3) is 0 Å². The van der Waals surface area contributed by atoms with Crippen LogP contribution in [-0.4, -0.2) is 12.3 Å². The lowest BCUT2D eigenvalue weighted by molar-refractivity contribution is -0.119. The fourth-order valence-electron chi connectivity index (χ4n) is 2.60. The van der Waals surface area contributed by atoms with Gasteiger partial charge in [0.25, 0.3) is 0 Å². The van der Waals surface area contributed by atoms with Crippen molar-refractivity contribution in [2.45, 2.75) is 85.0 Å². The van der Waals surface area contributed by atoms with Crippen molar-refractivity contribution in [1.29, 1.82) is 0 Å². The van der Waals surface area contributed by atoms with Gasteiger partial charge in [-0.1, -0.05) is 52.9 Å². The molecule has 0 fully saturated rings. The minimum Gasteiger partial charge on any atom is -0.330 e. The Morgan fingerprint density at radius 3 is 2.16 bits per heavy atom. The third kappa shape index (κ3) is 11.2. The van der Waals surface area contributed by atoms with Crippen LogP contribution in [0, 0.1) is 11.8 Å². The van der Waals surface area contributed by atoms with Crippen molar-refractivity contribution >= 4 is 5.78 Å². The summed E-state index contributed by atoms with van der Waals surface area (Å²) in [5.41, 5.74) is 5.63. The van der Waals surface area contributed by atoms with Crippen LogP contribution >= 0.6 is 0 Å². The molecule has 0 aliphatic carbocycles. The van der Waals surface area contributed by atoms with E-state index in [1.165, 1.54) is 32.1 Å². The van der Waals surface area contributed by atoms with E-state index in [0.29, 0.717) is 17.6 Å². The molecule has 0 saturated heterocycles. The predicted octanol–water partition coefficient (Wildman–Crippen LogP) is 4.71. The first-order valence-electron chi connectivity index (χ1n) is 8.33. The average Bonchev–Trinajstić information content (AvgIpc) is 2.38. The van der Waals surface area contributed by atoms with Crippen LogP contribution in [-0.2, 0) is 4.79 Å². The van der Waals surface area contributed by atoms with Crippen LogP contribution in [0.4, 0.5) is 0 Å². The molecule has 0 bridgehead atoms. The monoisotopic (exact) mass is 269 g/mol. The highest BCUT2D eigenvalue weighted by Crippen LogP contribution is 2.21. The van der Waals surface area contributed by atoms with Gasteiger partial charge < -0.3 is 5.73 Å². The number of carbonyl (C=O) groups is 1. The van der Waals surface area contributed by atoms with E-state index in [0.717, 1.165) is 38.6 Å². The summed E-state index contributed by atoms with van der Waals surface area (Å²) < 4.78 is 0. The number of rotatable bonds is 13. The van der Waals surface area contributed by atoms with Gasteiger partial charge >= 0.3 is 0 Å². The summed E-state index contributed by atoms with van der Waals surface area (Å²) in [5, 5.41) is 0. The van der Waals surface area contributed by atoms with Crippen molar-refractivity contribution in [1.82, 2.24) is 0 Å². The zero-order valence-corrected chi connectivity index (χ0v) is 13.4. The molecule has 0 saturated carbocycles.